The minimum atomic E-state index is -4.26. The molecule has 1 heterocycles. The highest BCUT2D eigenvalue weighted by Crippen LogP contribution is 2.30. The van der Waals surface area contributed by atoms with Crippen LogP contribution in [0.5, 0.6) is 0 Å². The summed E-state index contributed by atoms with van der Waals surface area (Å²) in [6.07, 6.45) is -4.26. The lowest BCUT2D eigenvalue weighted by atomic mass is 10.3. The lowest BCUT2D eigenvalue weighted by molar-refractivity contribution is -0.120. The Morgan fingerprint density at radius 1 is 1.41 bits per heavy atom. The van der Waals surface area contributed by atoms with E-state index in [2.05, 4.69) is 4.98 Å². The summed E-state index contributed by atoms with van der Waals surface area (Å²) in [6.45, 7) is 3.82. The topological polar surface area (TPSA) is 36.4 Å². The van der Waals surface area contributed by atoms with Crippen LogP contribution in [-0.4, -0.2) is 28.9 Å². The SMILES string of the molecule is Cc1nc(N(CC(F)(F)F)C(C)C)sc1CO. The number of aromatic nitrogens is 1. The molecule has 0 radical (unpaired) electrons. The van der Waals surface area contributed by atoms with Crippen molar-refractivity contribution in [2.24, 2.45) is 0 Å². The van der Waals surface area contributed by atoms with Crippen molar-refractivity contribution in [2.45, 2.75) is 39.6 Å². The van der Waals surface area contributed by atoms with Crippen molar-refractivity contribution in [2.75, 3.05) is 11.4 Å². The van der Waals surface area contributed by atoms with Gasteiger partial charge in [-0.1, -0.05) is 11.3 Å². The minimum Gasteiger partial charge on any atom is -0.391 e. The fraction of sp³-hybridized carbons (Fsp3) is 0.700. The molecule has 7 heteroatoms. The smallest absolute Gasteiger partial charge is 0.391 e. The Morgan fingerprint density at radius 2 is 2.00 bits per heavy atom. The van der Waals surface area contributed by atoms with Gasteiger partial charge in [-0.25, -0.2) is 4.98 Å². The number of aliphatic hydroxyl groups excluding tert-OH is 1. The molecule has 0 saturated carbocycles. The highest BCUT2D eigenvalue weighted by Gasteiger charge is 2.33. The Kier molecular flexibility index (Phi) is 4.37. The van der Waals surface area contributed by atoms with Gasteiger partial charge in [0.05, 0.1) is 17.2 Å². The van der Waals surface area contributed by atoms with Crippen molar-refractivity contribution in [3.8, 4) is 0 Å². The van der Waals surface area contributed by atoms with E-state index in [0.29, 0.717) is 15.7 Å². The molecule has 3 nitrogen and oxygen atoms in total. The number of anilines is 1. The lowest BCUT2D eigenvalue weighted by Crippen LogP contribution is -2.39. The summed E-state index contributed by atoms with van der Waals surface area (Å²) in [5.74, 6) is 0. The summed E-state index contributed by atoms with van der Waals surface area (Å²) in [6, 6.07) is -0.297. The Hall–Kier alpha value is -0.820. The van der Waals surface area contributed by atoms with Gasteiger partial charge < -0.3 is 10.0 Å². The van der Waals surface area contributed by atoms with Crippen molar-refractivity contribution >= 4 is 16.5 Å². The molecule has 0 saturated heterocycles. The molecule has 0 spiro atoms. The van der Waals surface area contributed by atoms with E-state index in [1.54, 1.807) is 20.8 Å². The monoisotopic (exact) mass is 268 g/mol. The van der Waals surface area contributed by atoms with Gasteiger partial charge >= 0.3 is 6.18 Å². The third-order valence-electron chi connectivity index (χ3n) is 2.24. The van der Waals surface area contributed by atoms with E-state index >= 15 is 0 Å². The third-order valence-corrected chi connectivity index (χ3v) is 3.42. The number of halogens is 3. The predicted octanol–water partition coefficient (Wildman–Crippen LogP) is 2.72. The normalized spacial score (nSPS) is 12.2. The fourth-order valence-electron chi connectivity index (χ4n) is 1.35. The van der Waals surface area contributed by atoms with Crippen LogP contribution in [0.4, 0.5) is 18.3 Å². The van der Waals surface area contributed by atoms with Gasteiger partial charge in [-0.3, -0.25) is 0 Å². The molecule has 0 fully saturated rings. The number of aryl methyl sites for hydroxylation is 1. The fourth-order valence-corrected chi connectivity index (χ4v) is 2.40. The quantitative estimate of drug-likeness (QED) is 0.912. The van der Waals surface area contributed by atoms with E-state index in [9.17, 15) is 13.2 Å². The van der Waals surface area contributed by atoms with Gasteiger partial charge in [0.15, 0.2) is 5.13 Å². The molecule has 1 aromatic heterocycles. The molecule has 17 heavy (non-hydrogen) atoms. The molecule has 0 aliphatic carbocycles. The van der Waals surface area contributed by atoms with Crippen molar-refractivity contribution in [3.63, 3.8) is 0 Å². The van der Waals surface area contributed by atoms with Gasteiger partial charge in [-0.2, -0.15) is 13.2 Å². The lowest BCUT2D eigenvalue weighted by Gasteiger charge is -2.27. The first kappa shape index (κ1) is 14.2. The van der Waals surface area contributed by atoms with E-state index in [1.165, 1.54) is 4.90 Å². The number of aliphatic hydroxyl groups is 1. The average molecular weight is 268 g/mol. The van der Waals surface area contributed by atoms with E-state index in [4.69, 9.17) is 5.11 Å². The molecule has 98 valence electrons. The van der Waals surface area contributed by atoms with Crippen LogP contribution in [0.3, 0.4) is 0 Å². The molecule has 1 rings (SSSR count). The molecule has 0 aliphatic heterocycles. The summed E-state index contributed by atoms with van der Waals surface area (Å²) in [7, 11) is 0. The zero-order valence-corrected chi connectivity index (χ0v) is 10.7. The Labute approximate surface area is 102 Å². The number of rotatable bonds is 4. The summed E-state index contributed by atoms with van der Waals surface area (Å²) in [5.41, 5.74) is 0.584. The standard InChI is InChI=1S/C10H15F3N2OS/c1-6(2)15(5-10(11,12)13)9-14-7(3)8(4-16)17-9/h6,16H,4-5H2,1-3H3. The van der Waals surface area contributed by atoms with Gasteiger partial charge in [0.2, 0.25) is 0 Å². The largest absolute Gasteiger partial charge is 0.406 e. The van der Waals surface area contributed by atoms with Crippen LogP contribution in [0.1, 0.15) is 24.4 Å². The Morgan fingerprint density at radius 3 is 2.35 bits per heavy atom. The van der Waals surface area contributed by atoms with Crippen molar-refractivity contribution in [3.05, 3.63) is 10.6 Å². The number of alkyl halides is 3. The van der Waals surface area contributed by atoms with Crippen LogP contribution >= 0.6 is 11.3 Å². The van der Waals surface area contributed by atoms with Gasteiger partial charge in [0.1, 0.15) is 6.54 Å². The third kappa shape index (κ3) is 3.85. The maximum Gasteiger partial charge on any atom is 0.406 e. The maximum atomic E-state index is 12.4. The number of hydrogen-bond donors (Lipinski definition) is 1. The van der Waals surface area contributed by atoms with E-state index in [1.807, 2.05) is 0 Å². The molecule has 0 aliphatic rings. The molecular weight excluding hydrogens is 253 g/mol. The highest BCUT2D eigenvalue weighted by atomic mass is 32.1. The minimum absolute atomic E-state index is 0.193. The Bertz CT molecular complexity index is 376. The van der Waals surface area contributed by atoms with Crippen LogP contribution in [-0.2, 0) is 6.61 Å². The second-order valence-corrected chi connectivity index (χ2v) is 5.06. The van der Waals surface area contributed by atoms with Gasteiger partial charge in [-0.15, -0.1) is 0 Å². The number of thiazole rings is 1. The second kappa shape index (κ2) is 5.22. The molecule has 1 N–H and O–H groups in total. The molecule has 0 aromatic carbocycles. The number of nitrogens with zero attached hydrogens (tertiary/aromatic N) is 2. The summed E-state index contributed by atoms with van der Waals surface area (Å²) < 4.78 is 37.3. The molecule has 0 bridgehead atoms. The predicted molar refractivity (Wildman–Crippen MR) is 61.3 cm³/mol. The highest BCUT2D eigenvalue weighted by molar-refractivity contribution is 7.15. The van der Waals surface area contributed by atoms with Crippen LogP contribution in [0, 0.1) is 6.92 Å². The maximum absolute atomic E-state index is 12.4. The second-order valence-electron chi connectivity index (χ2n) is 4.00. The van der Waals surface area contributed by atoms with Gasteiger partial charge in [0.25, 0.3) is 0 Å². The van der Waals surface area contributed by atoms with Crippen molar-refractivity contribution < 1.29 is 18.3 Å². The molecule has 0 amide bonds. The molecule has 0 unspecified atom stereocenters. The Balaban J connectivity index is 2.97. The summed E-state index contributed by atoms with van der Waals surface area (Å²) >= 11 is 1.10. The van der Waals surface area contributed by atoms with Crippen LogP contribution in [0.25, 0.3) is 0 Å². The zero-order chi connectivity index (χ0) is 13.2. The summed E-state index contributed by atoms with van der Waals surface area (Å²) in [5, 5.41) is 9.32. The van der Waals surface area contributed by atoms with Crippen LogP contribution in [0.15, 0.2) is 0 Å². The molecule has 0 atom stereocenters. The van der Waals surface area contributed by atoms with Gasteiger partial charge in [-0.05, 0) is 20.8 Å². The zero-order valence-electron chi connectivity index (χ0n) is 9.88. The van der Waals surface area contributed by atoms with Crippen molar-refractivity contribution in [1.29, 1.82) is 0 Å². The first-order valence-electron chi connectivity index (χ1n) is 5.15. The van der Waals surface area contributed by atoms with Crippen LogP contribution < -0.4 is 4.90 Å². The first-order valence-corrected chi connectivity index (χ1v) is 5.96. The van der Waals surface area contributed by atoms with Crippen LogP contribution in [0.2, 0.25) is 0 Å². The van der Waals surface area contributed by atoms with Gasteiger partial charge in [0, 0.05) is 6.04 Å². The first-order chi connectivity index (χ1) is 7.74. The van der Waals surface area contributed by atoms with E-state index in [-0.39, 0.29) is 12.6 Å². The van der Waals surface area contributed by atoms with Crippen molar-refractivity contribution in [1.82, 2.24) is 4.98 Å². The summed E-state index contributed by atoms with van der Waals surface area (Å²) in [4.78, 5) is 5.87. The van der Waals surface area contributed by atoms with E-state index < -0.39 is 12.7 Å². The number of hydrogen-bond acceptors (Lipinski definition) is 4. The average Bonchev–Trinajstić information content (AvgIpc) is 2.54. The van der Waals surface area contributed by atoms with E-state index in [0.717, 1.165) is 11.3 Å². The molecule has 1 aromatic rings. The molecular formula is C10H15F3N2OS.